The molecule has 0 spiro atoms. The molecule has 0 fully saturated rings. The van der Waals surface area contributed by atoms with E-state index in [-0.39, 0.29) is 22.9 Å². The monoisotopic (exact) mass is 681 g/mol. The van der Waals surface area contributed by atoms with E-state index >= 15 is 0 Å². The molecule has 51 heavy (non-hydrogen) atoms. The summed E-state index contributed by atoms with van der Waals surface area (Å²) in [6, 6.07) is 31.7. The van der Waals surface area contributed by atoms with E-state index in [1.165, 1.54) is 26.0 Å². The standard InChI is InChI=1S/C20H17N3O3.C19H15N3O3/c1-14(24)15-8-9-19(20(12-15)23(25)26)21-18-7-3-5-16(11-18)17-6-4-10-22(2)13-17;1-13(23)14-7-8-18(19(11-14)22(24)25)21-17-6-2-4-15(10-17)16-5-3-9-20-12-16/h3-13H,1-2H3;2-12,21H,1H3/p+1. The number of hydrogen-bond acceptors (Lipinski definition) is 9. The maximum Gasteiger partial charge on any atom is 0.293 e. The number of ketones is 2. The molecule has 4 aromatic carbocycles. The van der Waals surface area contributed by atoms with E-state index in [2.05, 4.69) is 15.6 Å². The van der Waals surface area contributed by atoms with Crippen molar-refractivity contribution in [2.24, 2.45) is 7.05 Å². The molecule has 0 aliphatic rings. The third-order valence-electron chi connectivity index (χ3n) is 7.75. The number of pyridine rings is 2. The molecule has 0 aliphatic heterocycles. The quantitative estimate of drug-likeness (QED) is 0.0624. The number of carbonyl (C=O) groups is 2. The Morgan fingerprint density at radius 3 is 1.57 bits per heavy atom. The summed E-state index contributed by atoms with van der Waals surface area (Å²) in [6.45, 7) is 2.76. The highest BCUT2D eigenvalue weighted by molar-refractivity contribution is 5.96. The number of rotatable bonds is 10. The fraction of sp³-hybridized carbons (Fsp3) is 0.0769. The number of hydrogen-bond donors (Lipinski definition) is 2. The van der Waals surface area contributed by atoms with Gasteiger partial charge in [-0.3, -0.25) is 34.8 Å². The maximum atomic E-state index is 11.5. The first-order valence-electron chi connectivity index (χ1n) is 15.7. The Balaban J connectivity index is 0.000000198. The number of aryl methyl sites for hydroxylation is 1. The highest BCUT2D eigenvalue weighted by Gasteiger charge is 2.18. The van der Waals surface area contributed by atoms with Crippen LogP contribution in [-0.4, -0.2) is 26.4 Å². The summed E-state index contributed by atoms with van der Waals surface area (Å²) in [5, 5.41) is 28.8. The summed E-state index contributed by atoms with van der Waals surface area (Å²) in [6.07, 6.45) is 7.41. The first kappa shape index (κ1) is 35.2. The molecule has 0 unspecified atom stereocenters. The van der Waals surface area contributed by atoms with Crippen LogP contribution >= 0.6 is 0 Å². The number of aromatic nitrogens is 2. The first-order valence-corrected chi connectivity index (χ1v) is 15.7. The predicted octanol–water partition coefficient (Wildman–Crippen LogP) is 8.64. The molecule has 12 nitrogen and oxygen atoms in total. The zero-order valence-corrected chi connectivity index (χ0v) is 27.9. The van der Waals surface area contributed by atoms with Gasteiger partial charge in [0.2, 0.25) is 0 Å². The van der Waals surface area contributed by atoms with Crippen molar-refractivity contribution in [2.45, 2.75) is 13.8 Å². The number of benzene rings is 4. The number of Topliss-reactive ketones (excluding diaryl/α,β-unsaturated/α-hetero) is 2. The fourth-order valence-corrected chi connectivity index (χ4v) is 5.17. The van der Waals surface area contributed by atoms with E-state index in [4.69, 9.17) is 0 Å². The molecule has 0 saturated carbocycles. The lowest BCUT2D eigenvalue weighted by atomic mass is 10.1. The number of carbonyl (C=O) groups excluding carboxylic acids is 2. The molecule has 2 aromatic heterocycles. The smallest absolute Gasteiger partial charge is 0.293 e. The van der Waals surface area contributed by atoms with Gasteiger partial charge in [-0.25, -0.2) is 4.57 Å². The lowest BCUT2D eigenvalue weighted by molar-refractivity contribution is -0.671. The predicted molar refractivity (Wildman–Crippen MR) is 195 cm³/mol. The second-order valence-corrected chi connectivity index (χ2v) is 11.5. The van der Waals surface area contributed by atoms with Crippen molar-refractivity contribution >= 4 is 45.7 Å². The van der Waals surface area contributed by atoms with Gasteiger partial charge in [-0.05, 0) is 85.6 Å². The summed E-state index contributed by atoms with van der Waals surface area (Å²) in [5.41, 5.74) is 6.40. The average molecular weight is 682 g/mol. The number of nitrogens with one attached hydrogen (secondary N) is 2. The van der Waals surface area contributed by atoms with Gasteiger partial charge in [0, 0.05) is 64.2 Å². The molecule has 2 N–H and O–H groups in total. The van der Waals surface area contributed by atoms with E-state index in [1.54, 1.807) is 36.7 Å². The van der Waals surface area contributed by atoms with E-state index < -0.39 is 9.85 Å². The first-order chi connectivity index (χ1) is 24.5. The molecule has 12 heteroatoms. The highest BCUT2D eigenvalue weighted by atomic mass is 16.6. The molecule has 0 atom stereocenters. The molecule has 6 rings (SSSR count). The summed E-state index contributed by atoms with van der Waals surface area (Å²) < 4.78 is 1.96. The molecule has 0 saturated heterocycles. The molecule has 0 aliphatic carbocycles. The molecule has 6 aromatic rings. The number of nitrogens with zero attached hydrogens (tertiary/aromatic N) is 4. The third-order valence-corrected chi connectivity index (χ3v) is 7.75. The summed E-state index contributed by atoms with van der Waals surface area (Å²) in [5.74, 6) is -0.424. The van der Waals surface area contributed by atoms with Gasteiger partial charge in [-0.1, -0.05) is 30.3 Å². The van der Waals surface area contributed by atoms with E-state index in [1.807, 2.05) is 96.8 Å². The summed E-state index contributed by atoms with van der Waals surface area (Å²) in [7, 11) is 1.95. The second kappa shape index (κ2) is 15.9. The van der Waals surface area contributed by atoms with Crippen molar-refractivity contribution in [3.63, 3.8) is 0 Å². The van der Waals surface area contributed by atoms with Gasteiger partial charge in [-0.2, -0.15) is 0 Å². The van der Waals surface area contributed by atoms with Gasteiger partial charge in [0.25, 0.3) is 11.4 Å². The van der Waals surface area contributed by atoms with Crippen molar-refractivity contribution in [1.82, 2.24) is 4.98 Å². The van der Waals surface area contributed by atoms with Crippen LogP contribution in [0.5, 0.6) is 0 Å². The van der Waals surface area contributed by atoms with Gasteiger partial charge in [0.1, 0.15) is 18.4 Å². The minimum absolute atomic E-state index is 0.130. The maximum absolute atomic E-state index is 11.5. The SMILES string of the molecule is CC(=O)c1ccc(Nc2cccc(-c3ccc[n+](C)c3)c2)c([N+](=O)[O-])c1.CC(=O)c1ccc(Nc2cccc(-c3cccnc3)c2)c([N+](=O)[O-])c1. The third kappa shape index (κ3) is 9.09. The Bertz CT molecular complexity index is 2260. The molecular formula is C39H33N6O6+. The Kier molecular flexibility index (Phi) is 11.0. The van der Waals surface area contributed by atoms with Crippen LogP contribution in [0.2, 0.25) is 0 Å². The highest BCUT2D eigenvalue weighted by Crippen LogP contribution is 2.32. The van der Waals surface area contributed by atoms with Crippen molar-refractivity contribution in [1.29, 1.82) is 0 Å². The van der Waals surface area contributed by atoms with Crippen LogP contribution in [0.3, 0.4) is 0 Å². The minimum atomic E-state index is -0.500. The normalized spacial score (nSPS) is 10.3. The fourth-order valence-electron chi connectivity index (χ4n) is 5.17. The number of anilines is 4. The molecule has 0 amide bonds. The topological polar surface area (TPSA) is 161 Å². The minimum Gasteiger partial charge on any atom is -0.350 e. The molecular weight excluding hydrogens is 648 g/mol. The van der Waals surface area contributed by atoms with Crippen LogP contribution in [0.15, 0.2) is 134 Å². The number of nitro groups is 2. The van der Waals surface area contributed by atoms with E-state index in [0.717, 1.165) is 27.9 Å². The second-order valence-electron chi connectivity index (χ2n) is 11.5. The largest absolute Gasteiger partial charge is 0.350 e. The molecule has 254 valence electrons. The zero-order valence-electron chi connectivity index (χ0n) is 27.9. The van der Waals surface area contributed by atoms with Crippen LogP contribution in [0, 0.1) is 20.2 Å². The van der Waals surface area contributed by atoms with Crippen molar-refractivity contribution in [3.8, 4) is 22.3 Å². The Morgan fingerprint density at radius 2 is 1.12 bits per heavy atom. The van der Waals surface area contributed by atoms with Gasteiger partial charge >= 0.3 is 0 Å². The average Bonchev–Trinajstić information content (AvgIpc) is 3.12. The van der Waals surface area contributed by atoms with Crippen molar-refractivity contribution < 1.29 is 24.0 Å². The van der Waals surface area contributed by atoms with Gasteiger partial charge < -0.3 is 10.6 Å². The van der Waals surface area contributed by atoms with Crippen LogP contribution in [0.1, 0.15) is 34.6 Å². The zero-order chi connectivity index (χ0) is 36.5. The van der Waals surface area contributed by atoms with Crippen molar-refractivity contribution in [2.75, 3.05) is 10.6 Å². The van der Waals surface area contributed by atoms with Gasteiger partial charge in [0.15, 0.2) is 24.0 Å². The van der Waals surface area contributed by atoms with E-state index in [9.17, 15) is 29.8 Å². The van der Waals surface area contributed by atoms with Gasteiger partial charge in [-0.15, -0.1) is 0 Å². The molecule has 2 heterocycles. The van der Waals surface area contributed by atoms with Gasteiger partial charge in [0.05, 0.1) is 9.85 Å². The Labute approximate surface area is 293 Å². The summed E-state index contributed by atoms with van der Waals surface area (Å²) in [4.78, 5) is 48.7. The van der Waals surface area contributed by atoms with Crippen LogP contribution in [0.25, 0.3) is 22.3 Å². The number of nitro benzene ring substituents is 2. The lowest BCUT2D eigenvalue weighted by Crippen LogP contribution is -2.26. The summed E-state index contributed by atoms with van der Waals surface area (Å²) >= 11 is 0. The van der Waals surface area contributed by atoms with Crippen LogP contribution < -0.4 is 15.2 Å². The molecule has 0 radical (unpaired) electrons. The lowest BCUT2D eigenvalue weighted by Gasteiger charge is -2.10. The van der Waals surface area contributed by atoms with Crippen molar-refractivity contribution in [3.05, 3.63) is 165 Å². The Morgan fingerprint density at radius 1 is 0.627 bits per heavy atom. The van der Waals surface area contributed by atoms with E-state index in [0.29, 0.717) is 28.2 Å². The van der Waals surface area contributed by atoms with Crippen LogP contribution in [0.4, 0.5) is 34.1 Å². The van der Waals surface area contributed by atoms with Crippen LogP contribution in [-0.2, 0) is 7.05 Å². The molecule has 0 bridgehead atoms. The Hall–Kier alpha value is -7.08.